The molecule has 0 unspecified atom stereocenters. The summed E-state index contributed by atoms with van der Waals surface area (Å²) < 4.78 is 5.17. The molecule has 1 fully saturated rings. The molecular formula is C15H26N4O2S. The molecule has 1 aromatic rings. The first-order valence-corrected chi connectivity index (χ1v) is 9.27. The third-order valence-corrected chi connectivity index (χ3v) is 5.00. The van der Waals surface area contributed by atoms with E-state index in [9.17, 15) is 4.79 Å². The van der Waals surface area contributed by atoms with E-state index in [4.69, 9.17) is 4.52 Å². The van der Waals surface area contributed by atoms with Gasteiger partial charge in [0.25, 0.3) is 0 Å². The molecule has 2 rings (SSSR count). The molecule has 6 nitrogen and oxygen atoms in total. The Labute approximate surface area is 136 Å². The Hall–Kier alpha value is -1.24. The van der Waals surface area contributed by atoms with Crippen molar-refractivity contribution in [3.8, 4) is 0 Å². The third-order valence-electron chi connectivity index (χ3n) is 3.91. The number of nitrogens with one attached hydrogen (secondary N) is 2. The molecule has 124 valence electrons. The number of aromatic nitrogens is 2. The van der Waals surface area contributed by atoms with Crippen molar-refractivity contribution in [3.05, 3.63) is 11.7 Å². The van der Waals surface area contributed by atoms with Gasteiger partial charge in [-0.2, -0.15) is 16.7 Å². The number of aryl methyl sites for hydroxylation is 1. The van der Waals surface area contributed by atoms with E-state index < -0.39 is 0 Å². The van der Waals surface area contributed by atoms with Gasteiger partial charge in [0.2, 0.25) is 5.89 Å². The Balaban J connectivity index is 1.59. The van der Waals surface area contributed by atoms with E-state index >= 15 is 0 Å². The van der Waals surface area contributed by atoms with E-state index in [1.165, 1.54) is 6.42 Å². The first kappa shape index (κ1) is 17.1. The molecule has 0 spiro atoms. The van der Waals surface area contributed by atoms with Gasteiger partial charge in [-0.05, 0) is 31.9 Å². The van der Waals surface area contributed by atoms with Crippen molar-refractivity contribution in [3.63, 3.8) is 0 Å². The van der Waals surface area contributed by atoms with Crippen LogP contribution in [0.2, 0.25) is 0 Å². The molecule has 1 heterocycles. The topological polar surface area (TPSA) is 80.0 Å². The van der Waals surface area contributed by atoms with Gasteiger partial charge in [-0.15, -0.1) is 0 Å². The second kappa shape index (κ2) is 8.41. The van der Waals surface area contributed by atoms with Crippen molar-refractivity contribution in [2.75, 3.05) is 12.8 Å². The highest BCUT2D eigenvalue weighted by molar-refractivity contribution is 7.99. The van der Waals surface area contributed by atoms with E-state index in [1.54, 1.807) is 0 Å². The quantitative estimate of drug-likeness (QED) is 0.753. The average molecular weight is 326 g/mol. The largest absolute Gasteiger partial charge is 0.339 e. The molecule has 0 bridgehead atoms. The van der Waals surface area contributed by atoms with Gasteiger partial charge in [0.05, 0.1) is 0 Å². The maximum Gasteiger partial charge on any atom is 0.315 e. The lowest BCUT2D eigenvalue weighted by Gasteiger charge is -2.13. The first-order valence-electron chi connectivity index (χ1n) is 7.98. The van der Waals surface area contributed by atoms with E-state index in [1.807, 2.05) is 25.6 Å². The van der Waals surface area contributed by atoms with E-state index in [0.29, 0.717) is 30.1 Å². The molecule has 22 heavy (non-hydrogen) atoms. The summed E-state index contributed by atoms with van der Waals surface area (Å²) in [4.78, 5) is 16.1. The highest BCUT2D eigenvalue weighted by Gasteiger charge is 2.24. The number of thioether (sulfide) groups is 1. The molecule has 1 aliphatic carbocycles. The van der Waals surface area contributed by atoms with Crippen molar-refractivity contribution in [1.29, 1.82) is 0 Å². The highest BCUT2D eigenvalue weighted by Crippen LogP contribution is 2.27. The average Bonchev–Trinajstić information content (AvgIpc) is 3.12. The van der Waals surface area contributed by atoms with Crippen LogP contribution in [-0.4, -0.2) is 40.3 Å². The van der Waals surface area contributed by atoms with E-state index in [0.717, 1.165) is 25.1 Å². The minimum Gasteiger partial charge on any atom is -0.339 e. The van der Waals surface area contributed by atoms with Crippen LogP contribution in [-0.2, 0) is 6.42 Å². The maximum absolute atomic E-state index is 11.8. The molecule has 0 saturated heterocycles. The van der Waals surface area contributed by atoms with Gasteiger partial charge >= 0.3 is 6.03 Å². The minimum absolute atomic E-state index is 0.0693. The molecule has 1 aliphatic rings. The van der Waals surface area contributed by atoms with Crippen molar-refractivity contribution >= 4 is 17.8 Å². The number of nitrogens with zero attached hydrogens (tertiary/aromatic N) is 2. The molecule has 7 heteroatoms. The van der Waals surface area contributed by atoms with Crippen LogP contribution in [0, 0.1) is 0 Å². The molecule has 1 aromatic heterocycles. The van der Waals surface area contributed by atoms with Crippen LogP contribution >= 0.6 is 11.8 Å². The van der Waals surface area contributed by atoms with Crippen LogP contribution in [0.25, 0.3) is 0 Å². The fourth-order valence-electron chi connectivity index (χ4n) is 2.57. The Morgan fingerprint density at radius 3 is 2.91 bits per heavy atom. The molecular weight excluding hydrogens is 300 g/mol. The van der Waals surface area contributed by atoms with Crippen LogP contribution in [0.15, 0.2) is 4.52 Å². The summed E-state index contributed by atoms with van der Waals surface area (Å²) in [6.07, 6.45) is 6.98. The van der Waals surface area contributed by atoms with Gasteiger partial charge in [0.1, 0.15) is 0 Å². The van der Waals surface area contributed by atoms with Crippen molar-refractivity contribution in [2.24, 2.45) is 0 Å². The number of hydrogen-bond donors (Lipinski definition) is 2. The third kappa shape index (κ3) is 5.19. The number of carbonyl (C=O) groups is 1. The van der Waals surface area contributed by atoms with Gasteiger partial charge in [-0.3, -0.25) is 0 Å². The monoisotopic (exact) mass is 326 g/mol. The lowest BCUT2D eigenvalue weighted by Crippen LogP contribution is -2.41. The van der Waals surface area contributed by atoms with Crippen molar-refractivity contribution in [2.45, 2.75) is 63.2 Å². The molecule has 0 radical (unpaired) electrons. The summed E-state index contributed by atoms with van der Waals surface area (Å²) in [5.74, 6) is 1.66. The summed E-state index contributed by atoms with van der Waals surface area (Å²) in [6.45, 7) is 4.68. The number of urea groups is 1. The number of rotatable bonds is 7. The SMILES string of the molecule is CS[C@@H]1CC[C@@H](NC(=O)NCCCc2nc(C(C)C)no2)C1. The zero-order valence-electron chi connectivity index (χ0n) is 13.6. The zero-order valence-corrected chi connectivity index (χ0v) is 14.4. The van der Waals surface area contributed by atoms with Gasteiger partial charge in [-0.25, -0.2) is 4.79 Å². The number of amides is 2. The van der Waals surface area contributed by atoms with Gasteiger partial charge in [-0.1, -0.05) is 19.0 Å². The molecule has 2 N–H and O–H groups in total. The predicted molar refractivity (Wildman–Crippen MR) is 88.2 cm³/mol. The van der Waals surface area contributed by atoms with Gasteiger partial charge in [0, 0.05) is 30.2 Å². The Bertz CT molecular complexity index is 478. The van der Waals surface area contributed by atoms with E-state index in [-0.39, 0.29) is 11.9 Å². The van der Waals surface area contributed by atoms with Crippen LogP contribution in [0.1, 0.15) is 57.2 Å². The standard InChI is InChI=1S/C15H26N4O2S/c1-10(2)14-18-13(21-19-14)5-4-8-16-15(20)17-11-6-7-12(9-11)22-3/h10-12H,4-9H2,1-3H3,(H2,16,17,20)/t11-,12-/m1/s1. The maximum atomic E-state index is 11.8. The predicted octanol–water partition coefficient (Wildman–Crippen LogP) is 2.71. The summed E-state index contributed by atoms with van der Waals surface area (Å²) in [7, 11) is 0. The fraction of sp³-hybridized carbons (Fsp3) is 0.800. The first-order chi connectivity index (χ1) is 10.6. The van der Waals surface area contributed by atoms with Crippen molar-refractivity contribution in [1.82, 2.24) is 20.8 Å². The zero-order chi connectivity index (χ0) is 15.9. The van der Waals surface area contributed by atoms with Crippen LogP contribution in [0.5, 0.6) is 0 Å². The van der Waals surface area contributed by atoms with Crippen LogP contribution in [0.4, 0.5) is 4.79 Å². The Kier molecular flexibility index (Phi) is 6.54. The Morgan fingerprint density at radius 2 is 2.27 bits per heavy atom. The van der Waals surface area contributed by atoms with Crippen LogP contribution in [0.3, 0.4) is 0 Å². The lowest BCUT2D eigenvalue weighted by molar-refractivity contribution is 0.237. The number of carbonyl (C=O) groups excluding carboxylic acids is 1. The smallest absolute Gasteiger partial charge is 0.315 e. The molecule has 0 aliphatic heterocycles. The van der Waals surface area contributed by atoms with E-state index in [2.05, 4.69) is 27.0 Å². The summed E-state index contributed by atoms with van der Waals surface area (Å²) in [5.41, 5.74) is 0. The second-order valence-corrected chi connectivity index (χ2v) is 7.21. The summed E-state index contributed by atoms with van der Waals surface area (Å²) >= 11 is 1.89. The molecule has 1 saturated carbocycles. The van der Waals surface area contributed by atoms with Crippen molar-refractivity contribution < 1.29 is 9.32 Å². The second-order valence-electron chi connectivity index (χ2n) is 6.07. The van der Waals surface area contributed by atoms with Gasteiger partial charge < -0.3 is 15.2 Å². The highest BCUT2D eigenvalue weighted by atomic mass is 32.2. The number of hydrogen-bond acceptors (Lipinski definition) is 5. The fourth-order valence-corrected chi connectivity index (χ4v) is 3.36. The van der Waals surface area contributed by atoms with Gasteiger partial charge in [0.15, 0.2) is 5.82 Å². The normalized spacial score (nSPS) is 21.3. The minimum atomic E-state index is -0.0693. The Morgan fingerprint density at radius 1 is 1.45 bits per heavy atom. The summed E-state index contributed by atoms with van der Waals surface area (Å²) in [6, 6.07) is 0.252. The summed E-state index contributed by atoms with van der Waals surface area (Å²) in [5, 5.41) is 10.6. The lowest BCUT2D eigenvalue weighted by atomic mass is 10.2. The van der Waals surface area contributed by atoms with Crippen LogP contribution < -0.4 is 10.6 Å². The molecule has 2 amide bonds. The molecule has 2 atom stereocenters. The molecule has 0 aromatic carbocycles.